The van der Waals surface area contributed by atoms with Gasteiger partial charge in [-0.05, 0) is 37.0 Å². The number of pyridine rings is 1. The number of hydrogen-bond donors (Lipinski definition) is 1. The van der Waals surface area contributed by atoms with E-state index in [1.54, 1.807) is 34.9 Å². The fraction of sp³-hybridized carbons (Fsp3) is 0.304. The van der Waals surface area contributed by atoms with Gasteiger partial charge in [-0.2, -0.15) is 4.31 Å². The van der Waals surface area contributed by atoms with Gasteiger partial charge in [0.05, 0.1) is 16.5 Å². The first-order valence-corrected chi connectivity index (χ1v) is 11.8. The number of amides is 1. The number of nitrogens with one attached hydrogen (secondary N) is 1. The molecule has 1 aliphatic carbocycles. The van der Waals surface area contributed by atoms with Crippen LogP contribution in [0.2, 0.25) is 0 Å². The van der Waals surface area contributed by atoms with E-state index in [1.807, 2.05) is 36.4 Å². The average molecular weight is 438 g/mol. The summed E-state index contributed by atoms with van der Waals surface area (Å²) in [7, 11) is -3.72. The van der Waals surface area contributed by atoms with E-state index in [9.17, 15) is 13.2 Å². The van der Waals surface area contributed by atoms with Crippen molar-refractivity contribution in [3.63, 3.8) is 0 Å². The molecule has 31 heavy (non-hydrogen) atoms. The van der Waals surface area contributed by atoms with Crippen molar-refractivity contribution in [3.8, 4) is 0 Å². The highest BCUT2D eigenvalue weighted by atomic mass is 32.2. The quantitative estimate of drug-likeness (QED) is 0.660. The molecule has 160 valence electrons. The first-order valence-electron chi connectivity index (χ1n) is 10.3. The summed E-state index contributed by atoms with van der Waals surface area (Å²) in [6.45, 7) is 0.548. The Bertz CT molecular complexity index is 1220. The van der Waals surface area contributed by atoms with Crippen LogP contribution in [0.4, 0.5) is 4.79 Å². The van der Waals surface area contributed by atoms with Crippen LogP contribution in [0.25, 0.3) is 10.8 Å². The predicted molar refractivity (Wildman–Crippen MR) is 116 cm³/mol. The monoisotopic (exact) mass is 437 g/mol. The number of aromatic nitrogens is 1. The molecule has 1 aliphatic heterocycles. The number of carbonyl (C=O) groups is 1. The lowest BCUT2D eigenvalue weighted by Crippen LogP contribution is -2.48. The summed E-state index contributed by atoms with van der Waals surface area (Å²) in [5.74, 6) is 0. The van der Waals surface area contributed by atoms with Gasteiger partial charge in [0.15, 0.2) is 0 Å². The van der Waals surface area contributed by atoms with Gasteiger partial charge in [0.25, 0.3) is 0 Å². The molecule has 0 bridgehead atoms. The van der Waals surface area contributed by atoms with Gasteiger partial charge in [-0.3, -0.25) is 4.98 Å². The Balaban J connectivity index is 1.33. The lowest BCUT2D eigenvalue weighted by Gasteiger charge is -2.28. The number of fused-ring (bicyclic) bond motifs is 1. The molecule has 1 spiro atoms. The molecule has 2 heterocycles. The number of hydrogen-bond acceptors (Lipinski definition) is 5. The molecule has 1 saturated heterocycles. The number of alkyl carbamates (subject to hydrolysis) is 1. The van der Waals surface area contributed by atoms with Crippen molar-refractivity contribution < 1.29 is 17.9 Å². The minimum atomic E-state index is -3.72. The van der Waals surface area contributed by atoms with E-state index in [1.165, 1.54) is 0 Å². The Kier molecular flexibility index (Phi) is 4.91. The highest BCUT2D eigenvalue weighted by Crippen LogP contribution is 2.52. The Morgan fingerprint density at radius 2 is 1.94 bits per heavy atom. The third-order valence-corrected chi connectivity index (χ3v) is 8.28. The fourth-order valence-electron chi connectivity index (χ4n) is 4.55. The third kappa shape index (κ3) is 3.55. The summed E-state index contributed by atoms with van der Waals surface area (Å²) in [5, 5.41) is 4.36. The van der Waals surface area contributed by atoms with Gasteiger partial charge in [-0.1, -0.05) is 42.5 Å². The van der Waals surface area contributed by atoms with Crippen LogP contribution in [0.3, 0.4) is 0 Å². The Hall–Kier alpha value is -2.97. The van der Waals surface area contributed by atoms with Crippen LogP contribution in [0.5, 0.6) is 0 Å². The number of benzene rings is 2. The molecule has 1 saturated carbocycles. The van der Waals surface area contributed by atoms with E-state index < -0.39 is 21.7 Å². The molecular weight excluding hydrogens is 414 g/mol. The van der Waals surface area contributed by atoms with Crippen molar-refractivity contribution in [2.75, 3.05) is 6.54 Å². The standard InChI is InChI=1S/C23H23N3O4S/c27-22(30-16-17-5-2-1-3-6-17)25-21-10-14-26(23(21)11-12-23)31(28,29)20-8-4-7-18-15-24-13-9-19(18)20/h1-9,13,15,21H,10-12,14,16H2,(H,25,27). The molecule has 2 fully saturated rings. The molecule has 7 nitrogen and oxygen atoms in total. The molecule has 1 atom stereocenters. The summed E-state index contributed by atoms with van der Waals surface area (Å²) in [6, 6.07) is 16.2. The van der Waals surface area contributed by atoms with Crippen molar-refractivity contribution in [2.45, 2.75) is 42.3 Å². The molecule has 3 aromatic rings. The second-order valence-corrected chi connectivity index (χ2v) is 9.91. The molecule has 1 N–H and O–H groups in total. The van der Waals surface area contributed by atoms with Crippen LogP contribution in [0.15, 0.2) is 71.9 Å². The first-order chi connectivity index (χ1) is 15.0. The molecule has 1 unspecified atom stereocenters. The summed E-state index contributed by atoms with van der Waals surface area (Å²) in [4.78, 5) is 16.8. The van der Waals surface area contributed by atoms with E-state index in [-0.39, 0.29) is 17.5 Å². The second kappa shape index (κ2) is 7.62. The number of nitrogens with zero attached hydrogens (tertiary/aromatic N) is 2. The topological polar surface area (TPSA) is 88.6 Å². The Morgan fingerprint density at radius 3 is 2.71 bits per heavy atom. The van der Waals surface area contributed by atoms with Crippen molar-refractivity contribution in [3.05, 3.63) is 72.6 Å². The van der Waals surface area contributed by atoms with Gasteiger partial charge in [-0.15, -0.1) is 0 Å². The number of rotatable bonds is 5. The molecule has 0 radical (unpaired) electrons. The summed E-state index contributed by atoms with van der Waals surface area (Å²) >= 11 is 0. The fourth-order valence-corrected chi connectivity index (χ4v) is 6.63. The average Bonchev–Trinajstić information content (AvgIpc) is 3.50. The molecule has 2 aliphatic rings. The lowest BCUT2D eigenvalue weighted by molar-refractivity contribution is 0.133. The van der Waals surface area contributed by atoms with Crippen LogP contribution in [-0.2, 0) is 21.4 Å². The van der Waals surface area contributed by atoms with E-state index >= 15 is 0 Å². The van der Waals surface area contributed by atoms with Crippen LogP contribution in [-0.4, -0.2) is 41.9 Å². The Labute approximate surface area is 181 Å². The van der Waals surface area contributed by atoms with Gasteiger partial charge in [0, 0.05) is 29.7 Å². The van der Waals surface area contributed by atoms with Crippen molar-refractivity contribution in [1.82, 2.24) is 14.6 Å². The summed E-state index contributed by atoms with van der Waals surface area (Å²) in [6.07, 6.45) is 4.76. The maximum Gasteiger partial charge on any atom is 0.407 e. The van der Waals surface area contributed by atoms with Crippen molar-refractivity contribution >= 4 is 26.9 Å². The second-order valence-electron chi connectivity index (χ2n) is 8.08. The minimum Gasteiger partial charge on any atom is -0.445 e. The van der Waals surface area contributed by atoms with Crippen LogP contribution in [0.1, 0.15) is 24.8 Å². The van der Waals surface area contributed by atoms with E-state index in [2.05, 4.69) is 10.3 Å². The molecule has 5 rings (SSSR count). The van der Waals surface area contributed by atoms with Gasteiger partial charge in [0.1, 0.15) is 6.61 Å². The lowest BCUT2D eigenvalue weighted by atomic mass is 10.1. The molecule has 1 aromatic heterocycles. The van der Waals surface area contributed by atoms with Crippen molar-refractivity contribution in [1.29, 1.82) is 0 Å². The van der Waals surface area contributed by atoms with Crippen molar-refractivity contribution in [2.24, 2.45) is 0 Å². The molecule has 1 amide bonds. The van der Waals surface area contributed by atoms with E-state index in [0.29, 0.717) is 18.4 Å². The zero-order valence-corrected chi connectivity index (χ0v) is 17.7. The van der Waals surface area contributed by atoms with Crippen LogP contribution < -0.4 is 5.32 Å². The maximum absolute atomic E-state index is 13.6. The molecule has 2 aromatic carbocycles. The number of carbonyl (C=O) groups excluding carboxylic acids is 1. The van der Waals surface area contributed by atoms with Gasteiger partial charge < -0.3 is 10.1 Å². The number of ether oxygens (including phenoxy) is 1. The van der Waals surface area contributed by atoms with Crippen LogP contribution >= 0.6 is 0 Å². The molecular formula is C23H23N3O4S. The predicted octanol–water partition coefficient (Wildman–Crippen LogP) is 3.46. The zero-order valence-electron chi connectivity index (χ0n) is 16.9. The highest BCUT2D eigenvalue weighted by molar-refractivity contribution is 7.89. The normalized spacial score (nSPS) is 20.1. The third-order valence-electron chi connectivity index (χ3n) is 6.24. The smallest absolute Gasteiger partial charge is 0.407 e. The van der Waals surface area contributed by atoms with E-state index in [0.717, 1.165) is 23.8 Å². The van der Waals surface area contributed by atoms with Gasteiger partial charge in [-0.25, -0.2) is 13.2 Å². The van der Waals surface area contributed by atoms with Gasteiger partial charge in [0.2, 0.25) is 10.0 Å². The minimum absolute atomic E-state index is 0.179. The number of sulfonamides is 1. The van der Waals surface area contributed by atoms with Crippen LogP contribution in [0, 0.1) is 0 Å². The summed E-state index contributed by atoms with van der Waals surface area (Å²) < 4.78 is 34.1. The van der Waals surface area contributed by atoms with Gasteiger partial charge >= 0.3 is 6.09 Å². The SMILES string of the molecule is O=C(NC1CCN(S(=O)(=O)c2cccc3cnccc23)C12CC2)OCc1ccccc1. The Morgan fingerprint density at radius 1 is 1.13 bits per heavy atom. The van der Waals surface area contributed by atoms with E-state index in [4.69, 9.17) is 4.74 Å². The zero-order chi connectivity index (χ0) is 21.5. The largest absolute Gasteiger partial charge is 0.445 e. The molecule has 8 heteroatoms. The maximum atomic E-state index is 13.6. The first kappa shape index (κ1) is 20.0. The summed E-state index contributed by atoms with van der Waals surface area (Å²) in [5.41, 5.74) is 0.333. The highest BCUT2D eigenvalue weighted by Gasteiger charge is 2.62.